The third kappa shape index (κ3) is 5.90. The van der Waals surface area contributed by atoms with Crippen molar-refractivity contribution in [3.8, 4) is 0 Å². The number of aliphatic carboxylic acids is 1. The third-order valence-electron chi connectivity index (χ3n) is 1.51. The summed E-state index contributed by atoms with van der Waals surface area (Å²) in [5, 5.41) is 9.55. The number of carbonyl (C=O) groups excluding carboxylic acids is 1. The standard InChI is InChI=1S/C9H17NO5/c1-6(7(11)12)10(5)15-8(13)14-9(2,3)4/h6H,1-5H3,(H,11,12)/t6-/m0/s1. The van der Waals surface area contributed by atoms with Crippen LogP contribution in [0.2, 0.25) is 0 Å². The molecule has 6 nitrogen and oxygen atoms in total. The van der Waals surface area contributed by atoms with Crippen molar-refractivity contribution >= 4 is 12.1 Å². The van der Waals surface area contributed by atoms with Crippen molar-refractivity contribution in [3.05, 3.63) is 0 Å². The van der Waals surface area contributed by atoms with Gasteiger partial charge in [-0.2, -0.15) is 0 Å². The molecule has 0 heterocycles. The fourth-order valence-corrected chi connectivity index (χ4v) is 0.621. The van der Waals surface area contributed by atoms with Gasteiger partial charge in [0.05, 0.1) is 0 Å². The average molecular weight is 219 g/mol. The van der Waals surface area contributed by atoms with Crippen LogP contribution < -0.4 is 0 Å². The van der Waals surface area contributed by atoms with Crippen molar-refractivity contribution in [3.63, 3.8) is 0 Å². The topological polar surface area (TPSA) is 76.1 Å². The monoisotopic (exact) mass is 219 g/mol. The molecule has 15 heavy (non-hydrogen) atoms. The number of ether oxygens (including phenoxy) is 1. The molecule has 0 radical (unpaired) electrons. The molecule has 0 unspecified atom stereocenters. The first-order valence-electron chi connectivity index (χ1n) is 4.50. The minimum atomic E-state index is -1.08. The lowest BCUT2D eigenvalue weighted by Gasteiger charge is -2.23. The van der Waals surface area contributed by atoms with E-state index >= 15 is 0 Å². The van der Waals surface area contributed by atoms with Crippen LogP contribution in [0.3, 0.4) is 0 Å². The molecule has 0 rings (SSSR count). The summed E-state index contributed by atoms with van der Waals surface area (Å²) in [6.07, 6.45) is -0.918. The molecule has 0 saturated carbocycles. The number of rotatable bonds is 3. The molecular weight excluding hydrogens is 202 g/mol. The number of nitrogens with zero attached hydrogens (tertiary/aromatic N) is 1. The summed E-state index contributed by atoms with van der Waals surface area (Å²) < 4.78 is 4.84. The molecule has 0 aliphatic heterocycles. The van der Waals surface area contributed by atoms with Gasteiger partial charge >= 0.3 is 12.1 Å². The highest BCUT2D eigenvalue weighted by molar-refractivity contribution is 5.73. The predicted molar refractivity (Wildman–Crippen MR) is 52.2 cm³/mol. The van der Waals surface area contributed by atoms with Crippen LogP contribution in [-0.4, -0.2) is 41.0 Å². The van der Waals surface area contributed by atoms with Crippen LogP contribution in [0.15, 0.2) is 0 Å². The highest BCUT2D eigenvalue weighted by atomic mass is 16.8. The summed E-state index contributed by atoms with van der Waals surface area (Å²) in [5.41, 5.74) is -0.662. The predicted octanol–water partition coefficient (Wildman–Crippen LogP) is 1.26. The Morgan fingerprint density at radius 1 is 1.33 bits per heavy atom. The molecule has 0 saturated heterocycles. The van der Waals surface area contributed by atoms with Crippen LogP contribution >= 0.6 is 0 Å². The number of carboxylic acid groups (broad SMARTS) is 1. The molecule has 1 N–H and O–H groups in total. The molecule has 1 atom stereocenters. The maximum Gasteiger partial charge on any atom is 0.528 e. The zero-order valence-corrected chi connectivity index (χ0v) is 9.60. The molecule has 88 valence electrons. The zero-order valence-electron chi connectivity index (χ0n) is 9.60. The molecule has 0 amide bonds. The molecule has 0 aromatic heterocycles. The molecule has 0 aromatic rings. The Kier molecular flexibility index (Phi) is 4.54. The second-order valence-electron chi connectivity index (χ2n) is 4.12. The average Bonchev–Trinajstić information content (AvgIpc) is 1.98. The van der Waals surface area contributed by atoms with E-state index in [2.05, 4.69) is 4.84 Å². The van der Waals surface area contributed by atoms with E-state index in [1.807, 2.05) is 0 Å². The Morgan fingerprint density at radius 2 is 1.80 bits per heavy atom. The highest BCUT2D eigenvalue weighted by Crippen LogP contribution is 2.09. The lowest BCUT2D eigenvalue weighted by molar-refractivity contribution is -0.171. The Labute approximate surface area is 88.7 Å². The van der Waals surface area contributed by atoms with E-state index in [0.717, 1.165) is 5.06 Å². The first-order chi connectivity index (χ1) is 6.63. The van der Waals surface area contributed by atoms with Gasteiger partial charge in [-0.3, -0.25) is 4.79 Å². The van der Waals surface area contributed by atoms with Gasteiger partial charge in [0, 0.05) is 7.05 Å². The van der Waals surface area contributed by atoms with Gasteiger partial charge in [-0.15, -0.1) is 5.06 Å². The van der Waals surface area contributed by atoms with Gasteiger partial charge < -0.3 is 14.7 Å². The van der Waals surface area contributed by atoms with E-state index in [9.17, 15) is 9.59 Å². The molecule has 0 bridgehead atoms. The normalized spacial score (nSPS) is 13.5. The SMILES string of the molecule is C[C@@H](C(=O)O)N(C)OC(=O)OC(C)(C)C. The molecule has 0 spiro atoms. The maximum absolute atomic E-state index is 11.1. The smallest absolute Gasteiger partial charge is 0.480 e. The first kappa shape index (κ1) is 13.7. The maximum atomic E-state index is 11.1. The lowest BCUT2D eigenvalue weighted by atomic mass is 10.2. The Morgan fingerprint density at radius 3 is 2.13 bits per heavy atom. The van der Waals surface area contributed by atoms with Crippen molar-refractivity contribution in [2.75, 3.05) is 7.05 Å². The quantitative estimate of drug-likeness (QED) is 0.568. The molecule has 6 heteroatoms. The summed E-state index contributed by atoms with van der Waals surface area (Å²) in [5.74, 6) is -1.08. The number of carboxylic acids is 1. The van der Waals surface area contributed by atoms with E-state index < -0.39 is 23.8 Å². The summed E-state index contributed by atoms with van der Waals surface area (Å²) in [6, 6.07) is -0.919. The number of carbonyl (C=O) groups is 2. The van der Waals surface area contributed by atoms with Crippen molar-refractivity contribution in [2.24, 2.45) is 0 Å². The fourth-order valence-electron chi connectivity index (χ4n) is 0.621. The third-order valence-corrected chi connectivity index (χ3v) is 1.51. The van der Waals surface area contributed by atoms with E-state index in [1.54, 1.807) is 20.8 Å². The van der Waals surface area contributed by atoms with Gasteiger partial charge in [-0.05, 0) is 27.7 Å². The van der Waals surface area contributed by atoms with Crippen LogP contribution in [0.4, 0.5) is 4.79 Å². The van der Waals surface area contributed by atoms with Gasteiger partial charge in [-0.25, -0.2) is 4.79 Å². The number of hydrogen-bond acceptors (Lipinski definition) is 5. The molecule has 0 aromatic carbocycles. The summed E-state index contributed by atoms with van der Waals surface area (Å²) in [6.45, 7) is 6.46. The highest BCUT2D eigenvalue weighted by Gasteiger charge is 2.24. The van der Waals surface area contributed by atoms with Gasteiger partial charge in [-0.1, -0.05) is 0 Å². The van der Waals surface area contributed by atoms with Crippen molar-refractivity contribution in [1.82, 2.24) is 5.06 Å². The van der Waals surface area contributed by atoms with E-state index in [1.165, 1.54) is 14.0 Å². The summed E-state index contributed by atoms with van der Waals surface area (Å²) in [4.78, 5) is 26.3. The van der Waals surface area contributed by atoms with Gasteiger partial charge in [0.25, 0.3) is 0 Å². The number of hydroxylamine groups is 2. The van der Waals surface area contributed by atoms with Crippen LogP contribution in [0.1, 0.15) is 27.7 Å². The van der Waals surface area contributed by atoms with Crippen LogP contribution in [-0.2, 0) is 14.4 Å². The number of hydrogen-bond donors (Lipinski definition) is 1. The van der Waals surface area contributed by atoms with Crippen molar-refractivity contribution in [2.45, 2.75) is 39.3 Å². The van der Waals surface area contributed by atoms with Crippen LogP contribution in [0.25, 0.3) is 0 Å². The second-order valence-corrected chi connectivity index (χ2v) is 4.12. The minimum Gasteiger partial charge on any atom is -0.480 e. The molecule has 0 fully saturated rings. The first-order valence-corrected chi connectivity index (χ1v) is 4.50. The molecule has 0 aliphatic carbocycles. The van der Waals surface area contributed by atoms with Crippen molar-refractivity contribution < 1.29 is 24.3 Å². The summed E-state index contributed by atoms with van der Waals surface area (Å²) in [7, 11) is 1.35. The molecule has 0 aliphatic rings. The van der Waals surface area contributed by atoms with Crippen LogP contribution in [0, 0.1) is 0 Å². The second kappa shape index (κ2) is 4.97. The van der Waals surface area contributed by atoms with Gasteiger partial charge in [0.1, 0.15) is 11.6 Å². The Balaban J connectivity index is 4.13. The van der Waals surface area contributed by atoms with Crippen LogP contribution in [0.5, 0.6) is 0 Å². The zero-order chi connectivity index (χ0) is 12.2. The van der Waals surface area contributed by atoms with Gasteiger partial charge in [0.2, 0.25) is 0 Å². The van der Waals surface area contributed by atoms with Crippen molar-refractivity contribution in [1.29, 1.82) is 0 Å². The minimum absolute atomic E-state index is 0.662. The van der Waals surface area contributed by atoms with E-state index in [0.29, 0.717) is 0 Å². The fraction of sp³-hybridized carbons (Fsp3) is 0.778. The van der Waals surface area contributed by atoms with E-state index in [-0.39, 0.29) is 0 Å². The van der Waals surface area contributed by atoms with E-state index in [4.69, 9.17) is 9.84 Å². The largest absolute Gasteiger partial charge is 0.528 e. The van der Waals surface area contributed by atoms with Gasteiger partial charge in [0.15, 0.2) is 0 Å². The Hall–Kier alpha value is -1.30. The number of likely N-dealkylation sites (N-methyl/N-ethyl adjacent to an activating group) is 1. The Bertz CT molecular complexity index is 245. The summed E-state index contributed by atoms with van der Waals surface area (Å²) >= 11 is 0. The lowest BCUT2D eigenvalue weighted by Crippen LogP contribution is -2.39. The molecular formula is C9H17NO5.